The van der Waals surface area contributed by atoms with Gasteiger partial charge in [-0.2, -0.15) is 10.3 Å². The molecule has 0 bridgehead atoms. The molecule has 4 aromatic heterocycles. The summed E-state index contributed by atoms with van der Waals surface area (Å²) in [6, 6.07) is 77.7. The second kappa shape index (κ2) is 38.2. The van der Waals surface area contributed by atoms with Crippen molar-refractivity contribution in [2.24, 2.45) is 0 Å². The first-order chi connectivity index (χ1) is 33.5. The van der Waals surface area contributed by atoms with E-state index in [1.807, 2.05) is 207 Å². The van der Waals surface area contributed by atoms with Crippen molar-refractivity contribution in [1.29, 1.82) is 0 Å². The summed E-state index contributed by atoms with van der Waals surface area (Å²) in [5.74, 6) is 0. The van der Waals surface area contributed by atoms with Gasteiger partial charge in [0.15, 0.2) is 0 Å². The van der Waals surface area contributed by atoms with Gasteiger partial charge in [0.05, 0.1) is 0 Å². The Labute approximate surface area is 428 Å². The molecule has 0 aliphatic carbocycles. The molecule has 6 aromatic carbocycles. The molecule has 0 spiro atoms. The van der Waals surface area contributed by atoms with Crippen LogP contribution in [0, 0.1) is 13.8 Å². The maximum Gasteiger partial charge on any atom is 2.00 e. The van der Waals surface area contributed by atoms with Crippen LogP contribution in [0.15, 0.2) is 280 Å². The van der Waals surface area contributed by atoms with Crippen molar-refractivity contribution in [1.82, 2.24) is 19.9 Å². The molecular formula is C60H52N6NiS2. The molecule has 0 aliphatic rings. The van der Waals surface area contributed by atoms with E-state index in [0.717, 1.165) is 0 Å². The molecule has 0 fully saturated rings. The molecule has 10 rings (SSSR count). The van der Waals surface area contributed by atoms with E-state index >= 15 is 0 Å². The van der Waals surface area contributed by atoms with Gasteiger partial charge < -0.3 is 10.8 Å². The average Bonchev–Trinajstić information content (AvgIpc) is 3.42. The summed E-state index contributed by atoms with van der Waals surface area (Å²) in [7, 11) is 0. The molecule has 6 nitrogen and oxygen atoms in total. The van der Waals surface area contributed by atoms with E-state index in [1.54, 1.807) is 0 Å². The molecule has 0 amide bonds. The topological polar surface area (TPSA) is 96.2 Å². The summed E-state index contributed by atoms with van der Waals surface area (Å²) < 4.78 is 0. The standard InChI is InChI=1S/4C11H9N.2C7H8.2CNS.Ni/c4*1-2-4-10(5-3-1)11-6-8-12-9-7-11;2*1-7-5-3-2-4-6-7;2*2-1-3;/h4*1-9H;2*2-6H,1H3;;;/q;;;;;;2*-1;+2. The molecule has 344 valence electrons. The Morgan fingerprint density at radius 2 is 0.391 bits per heavy atom. The first kappa shape index (κ1) is 57.1. The fourth-order valence-corrected chi connectivity index (χ4v) is 5.77. The fourth-order valence-electron chi connectivity index (χ4n) is 5.77. The van der Waals surface area contributed by atoms with E-state index in [9.17, 15) is 0 Å². The van der Waals surface area contributed by atoms with E-state index in [0.29, 0.717) is 0 Å². The van der Waals surface area contributed by atoms with Gasteiger partial charge in [0.25, 0.3) is 0 Å². The third kappa shape index (κ3) is 26.1. The van der Waals surface area contributed by atoms with Crippen molar-refractivity contribution in [3.8, 4) is 44.5 Å². The Kier molecular flexibility index (Phi) is 31.6. The maximum absolute atomic E-state index is 7.13. The van der Waals surface area contributed by atoms with Crippen LogP contribution in [-0.4, -0.2) is 30.3 Å². The number of benzene rings is 6. The van der Waals surface area contributed by atoms with E-state index < -0.39 is 0 Å². The number of nitrogens with zero attached hydrogens (tertiary/aromatic N) is 6. The number of aromatic nitrogens is 4. The summed E-state index contributed by atoms with van der Waals surface area (Å²) >= 11 is 7.40. The van der Waals surface area contributed by atoms with E-state index in [1.165, 1.54) is 66.0 Å². The maximum atomic E-state index is 7.13. The van der Waals surface area contributed by atoms with Gasteiger partial charge in [0, 0.05) is 49.6 Å². The van der Waals surface area contributed by atoms with Crippen LogP contribution in [0.3, 0.4) is 0 Å². The minimum atomic E-state index is 0. The van der Waals surface area contributed by atoms with Crippen molar-refractivity contribution in [2.45, 2.75) is 13.8 Å². The third-order valence-corrected chi connectivity index (χ3v) is 9.03. The van der Waals surface area contributed by atoms with Crippen LogP contribution in [0.4, 0.5) is 0 Å². The third-order valence-electron chi connectivity index (χ3n) is 9.03. The summed E-state index contributed by atoms with van der Waals surface area (Å²) in [5, 5.41) is 16.9. The smallest absolute Gasteiger partial charge is 0.753 e. The zero-order valence-electron chi connectivity index (χ0n) is 38.4. The van der Waals surface area contributed by atoms with Gasteiger partial charge in [-0.15, -0.1) is 0 Å². The molecule has 0 N–H and O–H groups in total. The van der Waals surface area contributed by atoms with Gasteiger partial charge >= 0.3 is 16.5 Å². The second-order valence-corrected chi connectivity index (χ2v) is 14.3. The van der Waals surface area contributed by atoms with E-state index in [2.05, 4.69) is 131 Å². The number of thiocarbonyl (C=S) groups is 2. The SMILES string of the molecule is Cc1ccccc1.Cc1ccccc1.[N-]=C=S.[N-]=C=S.[Ni+2].c1ccc(-c2ccncc2)cc1.c1ccc(-c2ccncc2)cc1.c1ccc(-c2ccncc2)cc1.c1ccc(-c2ccncc2)cc1. The first-order valence-electron chi connectivity index (χ1n) is 21.4. The van der Waals surface area contributed by atoms with Crippen molar-refractivity contribution in [3.63, 3.8) is 0 Å². The molecular weight excluding hydrogens is 928 g/mol. The summed E-state index contributed by atoms with van der Waals surface area (Å²) in [4.78, 5) is 15.9. The van der Waals surface area contributed by atoms with Gasteiger partial charge in [0.1, 0.15) is 0 Å². The number of aryl methyl sites for hydroxylation is 2. The Bertz CT molecular complexity index is 2290. The van der Waals surface area contributed by atoms with Gasteiger partial charge in [0.2, 0.25) is 0 Å². The molecule has 10 aromatic rings. The van der Waals surface area contributed by atoms with Gasteiger partial charge in [-0.1, -0.05) is 218 Å². The van der Waals surface area contributed by atoms with Crippen molar-refractivity contribution < 1.29 is 16.5 Å². The molecule has 0 unspecified atom stereocenters. The minimum absolute atomic E-state index is 0. The number of rotatable bonds is 4. The van der Waals surface area contributed by atoms with Crippen molar-refractivity contribution in [2.75, 3.05) is 0 Å². The van der Waals surface area contributed by atoms with E-state index in [-0.39, 0.29) is 16.5 Å². The molecule has 0 radical (unpaired) electrons. The van der Waals surface area contributed by atoms with Crippen molar-refractivity contribution >= 4 is 34.8 Å². The van der Waals surface area contributed by atoms with Crippen LogP contribution in [0.2, 0.25) is 0 Å². The summed E-state index contributed by atoms with van der Waals surface area (Å²) in [6.07, 6.45) is 14.5. The zero-order valence-corrected chi connectivity index (χ0v) is 41.0. The molecule has 0 saturated carbocycles. The largest absolute Gasteiger partial charge is 2.00 e. The van der Waals surface area contributed by atoms with Crippen LogP contribution < -0.4 is 0 Å². The first-order valence-corrected chi connectivity index (χ1v) is 22.2. The Morgan fingerprint density at radius 3 is 0.522 bits per heavy atom. The van der Waals surface area contributed by atoms with Gasteiger partial charge in [-0.25, -0.2) is 0 Å². The second-order valence-electron chi connectivity index (χ2n) is 13.9. The molecule has 9 heteroatoms. The Hall–Kier alpha value is -7.99. The van der Waals surface area contributed by atoms with Gasteiger partial charge in [-0.05, 0) is 107 Å². The predicted molar refractivity (Wildman–Crippen MR) is 293 cm³/mol. The fraction of sp³-hybridized carbons (Fsp3) is 0.0333. The zero-order chi connectivity index (χ0) is 48.5. The summed E-state index contributed by atoms with van der Waals surface area (Å²) in [6.45, 7) is 4.17. The van der Waals surface area contributed by atoms with Crippen LogP contribution >= 0.6 is 24.4 Å². The molecule has 69 heavy (non-hydrogen) atoms. The van der Waals surface area contributed by atoms with E-state index in [4.69, 9.17) is 10.8 Å². The molecule has 4 heterocycles. The normalized spacial score (nSPS) is 8.72. The number of isothiocyanates is 2. The Balaban J connectivity index is 0.000000280. The van der Waals surface area contributed by atoms with Crippen LogP contribution in [0.1, 0.15) is 11.1 Å². The van der Waals surface area contributed by atoms with Crippen LogP contribution in [-0.2, 0) is 16.5 Å². The Morgan fingerprint density at radius 1 is 0.261 bits per heavy atom. The van der Waals surface area contributed by atoms with Crippen LogP contribution in [0.5, 0.6) is 0 Å². The number of pyridine rings is 4. The molecule has 0 atom stereocenters. The monoisotopic (exact) mass is 978 g/mol. The number of hydrogen-bond donors (Lipinski definition) is 0. The predicted octanol–water partition coefficient (Wildman–Crippen LogP) is 16.3. The van der Waals surface area contributed by atoms with Gasteiger partial charge in [-0.3, -0.25) is 19.9 Å². The summed E-state index contributed by atoms with van der Waals surface area (Å²) in [5.41, 5.74) is 12.4. The van der Waals surface area contributed by atoms with Crippen molar-refractivity contribution in [3.05, 3.63) is 302 Å². The average molecular weight is 980 g/mol. The minimum Gasteiger partial charge on any atom is -0.753 e. The number of hydrogen-bond acceptors (Lipinski definition) is 6. The quantitative estimate of drug-likeness (QED) is 0.0990. The van der Waals surface area contributed by atoms with Crippen LogP contribution in [0.25, 0.3) is 55.3 Å². The molecule has 0 aliphatic heterocycles. The molecule has 0 saturated heterocycles.